The third-order valence-electron chi connectivity index (χ3n) is 3.82. The van der Waals surface area contributed by atoms with Crippen LogP contribution >= 0.6 is 0 Å². The molecule has 0 aliphatic rings. The molecule has 2 N–H and O–H groups in total. The molecule has 0 amide bonds. The molecule has 2 aromatic rings. The Kier molecular flexibility index (Phi) is 3.89. The molecule has 0 unspecified atom stereocenters. The summed E-state index contributed by atoms with van der Waals surface area (Å²) in [6.07, 6.45) is 5.29. The molecule has 0 bridgehead atoms. The number of Topliss-reactive ketones (excluding diaryl/α,β-unsaturated/α-hetero) is 1. The number of rotatable bonds is 6. The molecule has 0 radical (unpaired) electrons. The van der Waals surface area contributed by atoms with Crippen LogP contribution in [-0.4, -0.2) is 15.8 Å². The van der Waals surface area contributed by atoms with Crippen LogP contribution in [0.25, 0.3) is 0 Å². The van der Waals surface area contributed by atoms with Gasteiger partial charge in [0.2, 0.25) is 0 Å². The second kappa shape index (κ2) is 5.31. The molecule has 0 saturated carbocycles. The lowest BCUT2D eigenvalue weighted by Gasteiger charge is -2.33. The Bertz CT molecular complexity index is 498. The number of carbonyl (C=O) groups is 1. The Labute approximate surface area is 120 Å². The molecule has 0 fully saturated rings. The number of ketones is 1. The second-order valence-corrected chi connectivity index (χ2v) is 6.84. The second-order valence-electron chi connectivity index (χ2n) is 6.84. The summed E-state index contributed by atoms with van der Waals surface area (Å²) in [5, 5.41) is 0. The fourth-order valence-electron chi connectivity index (χ4n) is 2.98. The highest BCUT2D eigenvalue weighted by atomic mass is 16.1. The highest BCUT2D eigenvalue weighted by Gasteiger charge is 2.39. The molecular formula is C17H24N2O. The van der Waals surface area contributed by atoms with Crippen LogP contribution in [0, 0.1) is 10.8 Å². The molecule has 3 heteroatoms. The van der Waals surface area contributed by atoms with Crippen LogP contribution in [-0.2, 0) is 17.6 Å². The zero-order valence-electron chi connectivity index (χ0n) is 12.8. The van der Waals surface area contributed by atoms with Gasteiger partial charge in [-0.25, -0.2) is 0 Å². The molecule has 0 atom stereocenters. The van der Waals surface area contributed by atoms with E-state index in [4.69, 9.17) is 0 Å². The van der Waals surface area contributed by atoms with Crippen molar-refractivity contribution in [2.45, 2.75) is 40.5 Å². The predicted molar refractivity (Wildman–Crippen MR) is 81.6 cm³/mol. The van der Waals surface area contributed by atoms with Crippen LogP contribution in [0.3, 0.4) is 0 Å². The molecule has 0 saturated heterocycles. The number of hydrogen-bond donors (Lipinski definition) is 2. The Morgan fingerprint density at radius 1 is 0.900 bits per heavy atom. The van der Waals surface area contributed by atoms with Gasteiger partial charge in [0.15, 0.2) is 0 Å². The van der Waals surface area contributed by atoms with Gasteiger partial charge in [-0.3, -0.25) is 4.79 Å². The van der Waals surface area contributed by atoms with Gasteiger partial charge in [0, 0.05) is 34.6 Å². The Morgan fingerprint density at radius 2 is 1.30 bits per heavy atom. The summed E-state index contributed by atoms with van der Waals surface area (Å²) in [6, 6.07) is 8.01. The third kappa shape index (κ3) is 3.21. The zero-order valence-corrected chi connectivity index (χ0v) is 12.8. The van der Waals surface area contributed by atoms with E-state index < -0.39 is 0 Å². The summed E-state index contributed by atoms with van der Waals surface area (Å²) in [4.78, 5) is 19.3. The fourth-order valence-corrected chi connectivity index (χ4v) is 2.98. The first-order valence-corrected chi connectivity index (χ1v) is 7.11. The van der Waals surface area contributed by atoms with Gasteiger partial charge in [-0.05, 0) is 37.1 Å². The van der Waals surface area contributed by atoms with Crippen molar-refractivity contribution in [2.75, 3.05) is 0 Å². The molecular weight excluding hydrogens is 248 g/mol. The third-order valence-corrected chi connectivity index (χ3v) is 3.82. The average Bonchev–Trinajstić information content (AvgIpc) is 3.00. The topological polar surface area (TPSA) is 48.6 Å². The highest BCUT2D eigenvalue weighted by Crippen LogP contribution is 2.34. The van der Waals surface area contributed by atoms with Gasteiger partial charge in [-0.2, -0.15) is 0 Å². The molecule has 2 aromatic heterocycles. The maximum atomic E-state index is 12.9. The van der Waals surface area contributed by atoms with Crippen molar-refractivity contribution in [3.8, 4) is 0 Å². The smallest absolute Gasteiger partial charge is 0.144 e. The van der Waals surface area contributed by atoms with Crippen LogP contribution < -0.4 is 0 Å². The van der Waals surface area contributed by atoms with Crippen molar-refractivity contribution in [3.63, 3.8) is 0 Å². The summed E-state index contributed by atoms with van der Waals surface area (Å²) in [5.74, 6) is 0.300. The minimum atomic E-state index is -0.374. The summed E-state index contributed by atoms with van der Waals surface area (Å²) >= 11 is 0. The predicted octanol–water partition coefficient (Wildman–Crippen LogP) is 3.75. The lowest BCUT2D eigenvalue weighted by Crippen LogP contribution is -2.39. The molecule has 2 rings (SSSR count). The van der Waals surface area contributed by atoms with E-state index in [0.29, 0.717) is 5.78 Å². The van der Waals surface area contributed by atoms with Gasteiger partial charge in [-0.15, -0.1) is 0 Å². The van der Waals surface area contributed by atoms with E-state index in [0.717, 1.165) is 24.2 Å². The van der Waals surface area contributed by atoms with E-state index in [2.05, 4.69) is 9.97 Å². The van der Waals surface area contributed by atoms with E-state index in [1.54, 1.807) is 0 Å². The normalized spacial score (nSPS) is 12.6. The van der Waals surface area contributed by atoms with E-state index in [9.17, 15) is 4.79 Å². The molecule has 0 spiro atoms. The molecule has 0 aliphatic carbocycles. The van der Waals surface area contributed by atoms with E-state index >= 15 is 0 Å². The summed E-state index contributed by atoms with van der Waals surface area (Å²) in [6.45, 7) is 8.14. The van der Waals surface area contributed by atoms with Gasteiger partial charge in [0.05, 0.1) is 0 Å². The quantitative estimate of drug-likeness (QED) is 0.826. The van der Waals surface area contributed by atoms with Gasteiger partial charge >= 0.3 is 0 Å². The molecule has 0 aliphatic heterocycles. The number of hydrogen-bond acceptors (Lipinski definition) is 1. The maximum Gasteiger partial charge on any atom is 0.144 e. The minimum absolute atomic E-state index is 0.300. The Hall–Kier alpha value is -1.77. The standard InChI is InChI=1S/C17H24N2O/c1-16(2,11-13-7-5-9-18-13)15(20)17(3,4)12-14-8-6-10-19-14/h5-10,18-19H,11-12H2,1-4H3. The highest BCUT2D eigenvalue weighted by molar-refractivity contribution is 5.89. The Balaban J connectivity index is 2.11. The number of aromatic amines is 2. The first-order valence-electron chi connectivity index (χ1n) is 7.11. The lowest BCUT2D eigenvalue weighted by atomic mass is 9.69. The van der Waals surface area contributed by atoms with E-state index in [-0.39, 0.29) is 10.8 Å². The number of aromatic nitrogens is 2. The van der Waals surface area contributed by atoms with Gasteiger partial charge in [-0.1, -0.05) is 27.7 Å². The SMILES string of the molecule is CC(C)(Cc1ccc[nH]1)C(=O)C(C)(C)Cc1ccc[nH]1. The van der Waals surface area contributed by atoms with Gasteiger partial charge in [0.25, 0.3) is 0 Å². The summed E-state index contributed by atoms with van der Waals surface area (Å²) in [5.41, 5.74) is 1.47. The zero-order chi connectivity index (χ0) is 14.8. The van der Waals surface area contributed by atoms with Crippen molar-refractivity contribution >= 4 is 5.78 Å². The van der Waals surface area contributed by atoms with Crippen molar-refractivity contribution < 1.29 is 4.79 Å². The van der Waals surface area contributed by atoms with Crippen LogP contribution in [0.4, 0.5) is 0 Å². The average molecular weight is 272 g/mol. The fraction of sp³-hybridized carbons (Fsp3) is 0.471. The lowest BCUT2D eigenvalue weighted by molar-refractivity contribution is -0.135. The first kappa shape index (κ1) is 14.6. The van der Waals surface area contributed by atoms with E-state index in [1.165, 1.54) is 0 Å². The van der Waals surface area contributed by atoms with Crippen LogP contribution in [0.15, 0.2) is 36.7 Å². The molecule has 108 valence electrons. The number of nitrogens with one attached hydrogen (secondary N) is 2. The monoisotopic (exact) mass is 272 g/mol. The molecule has 3 nitrogen and oxygen atoms in total. The maximum absolute atomic E-state index is 12.9. The van der Waals surface area contributed by atoms with Gasteiger partial charge < -0.3 is 9.97 Å². The minimum Gasteiger partial charge on any atom is -0.365 e. The van der Waals surface area contributed by atoms with Crippen molar-refractivity contribution in [1.82, 2.24) is 9.97 Å². The van der Waals surface area contributed by atoms with Crippen molar-refractivity contribution in [2.24, 2.45) is 10.8 Å². The molecule has 20 heavy (non-hydrogen) atoms. The van der Waals surface area contributed by atoms with Crippen LogP contribution in [0.2, 0.25) is 0 Å². The largest absolute Gasteiger partial charge is 0.365 e. The van der Waals surface area contributed by atoms with Gasteiger partial charge in [0.1, 0.15) is 5.78 Å². The van der Waals surface area contributed by atoms with Crippen LogP contribution in [0.1, 0.15) is 39.1 Å². The number of carbonyl (C=O) groups excluding carboxylic acids is 1. The van der Waals surface area contributed by atoms with Crippen LogP contribution in [0.5, 0.6) is 0 Å². The summed E-state index contributed by atoms with van der Waals surface area (Å²) in [7, 11) is 0. The van der Waals surface area contributed by atoms with Crippen molar-refractivity contribution in [1.29, 1.82) is 0 Å². The molecule has 2 heterocycles. The van der Waals surface area contributed by atoms with E-state index in [1.807, 2.05) is 64.4 Å². The Morgan fingerprint density at radius 3 is 1.60 bits per heavy atom. The van der Waals surface area contributed by atoms with Crippen molar-refractivity contribution in [3.05, 3.63) is 48.0 Å². The number of H-pyrrole nitrogens is 2. The molecule has 0 aromatic carbocycles. The summed E-state index contributed by atoms with van der Waals surface area (Å²) < 4.78 is 0. The first-order chi connectivity index (χ1) is 9.31.